The van der Waals surface area contributed by atoms with Crippen LogP contribution in [0.4, 0.5) is 4.39 Å². The molecule has 0 amide bonds. The summed E-state index contributed by atoms with van der Waals surface area (Å²) in [7, 11) is 0. The monoisotopic (exact) mass is 321 g/mol. The third-order valence-electron chi connectivity index (χ3n) is 2.97. The molecular formula is C14H12FN3OS2. The molecule has 0 fully saturated rings. The van der Waals surface area contributed by atoms with E-state index in [4.69, 9.17) is 4.52 Å². The van der Waals surface area contributed by atoms with Crippen LogP contribution in [-0.2, 0) is 5.75 Å². The molecule has 7 heteroatoms. The molecule has 0 aliphatic carbocycles. The highest BCUT2D eigenvalue weighted by atomic mass is 32.2. The van der Waals surface area contributed by atoms with Crippen molar-refractivity contribution in [2.75, 3.05) is 0 Å². The maximum atomic E-state index is 13.0. The second kappa shape index (κ2) is 5.95. The molecule has 4 nitrogen and oxygen atoms in total. The van der Waals surface area contributed by atoms with Gasteiger partial charge in [0.05, 0.1) is 5.69 Å². The second-order valence-electron chi connectivity index (χ2n) is 4.47. The van der Waals surface area contributed by atoms with E-state index in [1.807, 2.05) is 13.8 Å². The van der Waals surface area contributed by atoms with Crippen LogP contribution in [0.3, 0.4) is 0 Å². The molecule has 0 saturated heterocycles. The van der Waals surface area contributed by atoms with Crippen LogP contribution < -0.4 is 0 Å². The van der Waals surface area contributed by atoms with Crippen molar-refractivity contribution in [3.8, 4) is 11.3 Å². The van der Waals surface area contributed by atoms with Crippen LogP contribution in [-0.4, -0.2) is 15.4 Å². The van der Waals surface area contributed by atoms with Crippen molar-refractivity contribution in [1.29, 1.82) is 0 Å². The van der Waals surface area contributed by atoms with Crippen molar-refractivity contribution in [2.45, 2.75) is 23.9 Å². The van der Waals surface area contributed by atoms with Gasteiger partial charge < -0.3 is 4.52 Å². The van der Waals surface area contributed by atoms with Gasteiger partial charge in [-0.2, -0.15) is 0 Å². The molecule has 3 aromatic rings. The van der Waals surface area contributed by atoms with E-state index in [-0.39, 0.29) is 5.82 Å². The standard InChI is InChI=1S/C14H12FN3OS2/c1-8-12(7-20-14-17-16-9(2)21-14)18-19-13(8)10-3-5-11(15)6-4-10/h3-6H,7H2,1-2H3. The van der Waals surface area contributed by atoms with Crippen molar-refractivity contribution < 1.29 is 8.91 Å². The van der Waals surface area contributed by atoms with E-state index in [9.17, 15) is 4.39 Å². The first-order valence-electron chi connectivity index (χ1n) is 6.27. The lowest BCUT2D eigenvalue weighted by atomic mass is 10.1. The van der Waals surface area contributed by atoms with E-state index in [0.717, 1.165) is 26.2 Å². The first-order valence-corrected chi connectivity index (χ1v) is 8.07. The molecule has 1 aromatic carbocycles. The van der Waals surface area contributed by atoms with E-state index >= 15 is 0 Å². The van der Waals surface area contributed by atoms with E-state index < -0.39 is 0 Å². The van der Waals surface area contributed by atoms with Crippen molar-refractivity contribution >= 4 is 23.1 Å². The summed E-state index contributed by atoms with van der Waals surface area (Å²) in [6, 6.07) is 6.20. The zero-order valence-corrected chi connectivity index (χ0v) is 13.1. The van der Waals surface area contributed by atoms with Gasteiger partial charge in [0, 0.05) is 16.9 Å². The predicted octanol–water partition coefficient (Wildman–Crippen LogP) is 4.24. The Hall–Kier alpha value is -1.73. The summed E-state index contributed by atoms with van der Waals surface area (Å²) in [5, 5.41) is 13.1. The molecule has 0 aliphatic rings. The molecule has 0 bridgehead atoms. The van der Waals surface area contributed by atoms with Crippen molar-refractivity contribution in [2.24, 2.45) is 0 Å². The first-order chi connectivity index (χ1) is 10.1. The van der Waals surface area contributed by atoms with Crippen molar-refractivity contribution in [3.05, 3.63) is 46.3 Å². The summed E-state index contributed by atoms with van der Waals surface area (Å²) < 4.78 is 19.3. The molecule has 0 atom stereocenters. The zero-order valence-electron chi connectivity index (χ0n) is 11.5. The fourth-order valence-corrected chi connectivity index (χ4v) is 3.66. The first kappa shape index (κ1) is 14.2. The lowest BCUT2D eigenvalue weighted by Gasteiger charge is -1.98. The molecule has 2 aromatic heterocycles. The summed E-state index contributed by atoms with van der Waals surface area (Å²) in [6.45, 7) is 3.88. The van der Waals surface area contributed by atoms with E-state index in [2.05, 4.69) is 15.4 Å². The highest BCUT2D eigenvalue weighted by Gasteiger charge is 2.14. The third kappa shape index (κ3) is 3.14. The molecule has 108 valence electrons. The van der Waals surface area contributed by atoms with Gasteiger partial charge in [-0.3, -0.25) is 0 Å². The van der Waals surface area contributed by atoms with Gasteiger partial charge in [-0.25, -0.2) is 4.39 Å². The molecular weight excluding hydrogens is 309 g/mol. The Bertz CT molecular complexity index is 752. The molecule has 3 rings (SSSR count). The topological polar surface area (TPSA) is 51.8 Å². The van der Waals surface area contributed by atoms with Crippen LogP contribution >= 0.6 is 23.1 Å². The lowest BCUT2D eigenvalue weighted by molar-refractivity contribution is 0.426. The number of thioether (sulfide) groups is 1. The number of halogens is 1. The smallest absolute Gasteiger partial charge is 0.174 e. The number of aromatic nitrogens is 3. The average molecular weight is 321 g/mol. The minimum atomic E-state index is -0.265. The minimum Gasteiger partial charge on any atom is -0.356 e. The molecule has 21 heavy (non-hydrogen) atoms. The van der Waals surface area contributed by atoms with Gasteiger partial charge in [0.1, 0.15) is 10.8 Å². The molecule has 0 radical (unpaired) electrons. The normalized spacial score (nSPS) is 11.0. The maximum Gasteiger partial charge on any atom is 0.174 e. The van der Waals surface area contributed by atoms with Gasteiger partial charge in [0.25, 0.3) is 0 Å². The van der Waals surface area contributed by atoms with Crippen molar-refractivity contribution in [3.63, 3.8) is 0 Å². The van der Waals surface area contributed by atoms with Crippen LogP contribution in [0.5, 0.6) is 0 Å². The van der Waals surface area contributed by atoms with Crippen molar-refractivity contribution in [1.82, 2.24) is 15.4 Å². The Kier molecular flexibility index (Phi) is 4.03. The number of rotatable bonds is 4. The summed E-state index contributed by atoms with van der Waals surface area (Å²) >= 11 is 3.14. The Balaban J connectivity index is 1.77. The third-order valence-corrected chi connectivity index (χ3v) is 4.95. The van der Waals surface area contributed by atoms with E-state index in [1.165, 1.54) is 12.1 Å². The Labute approximate surface area is 129 Å². The van der Waals surface area contributed by atoms with Gasteiger partial charge in [-0.1, -0.05) is 28.3 Å². The molecule has 2 heterocycles. The molecule has 0 saturated carbocycles. The van der Waals surface area contributed by atoms with Gasteiger partial charge in [0.2, 0.25) is 0 Å². The van der Waals surface area contributed by atoms with Crippen LogP contribution in [0.2, 0.25) is 0 Å². The number of benzene rings is 1. The maximum absolute atomic E-state index is 13.0. The fraction of sp³-hybridized carbons (Fsp3) is 0.214. The summed E-state index contributed by atoms with van der Waals surface area (Å²) in [6.07, 6.45) is 0. The van der Waals surface area contributed by atoms with Gasteiger partial charge >= 0.3 is 0 Å². The van der Waals surface area contributed by atoms with Crippen LogP contribution in [0.25, 0.3) is 11.3 Å². The Morgan fingerprint density at radius 2 is 1.95 bits per heavy atom. The quantitative estimate of drug-likeness (QED) is 0.673. The Morgan fingerprint density at radius 3 is 2.62 bits per heavy atom. The Morgan fingerprint density at radius 1 is 1.19 bits per heavy atom. The highest BCUT2D eigenvalue weighted by Crippen LogP contribution is 2.30. The second-order valence-corrected chi connectivity index (χ2v) is 6.87. The summed E-state index contributed by atoms with van der Waals surface area (Å²) in [4.78, 5) is 0. The van der Waals surface area contributed by atoms with Gasteiger partial charge in [-0.15, -0.1) is 10.2 Å². The number of nitrogens with zero attached hydrogens (tertiary/aromatic N) is 3. The largest absolute Gasteiger partial charge is 0.356 e. The zero-order chi connectivity index (χ0) is 14.8. The number of hydrogen-bond acceptors (Lipinski definition) is 6. The SMILES string of the molecule is Cc1nnc(SCc2noc(-c3ccc(F)cc3)c2C)s1. The van der Waals surface area contributed by atoms with Gasteiger partial charge in [0.15, 0.2) is 10.1 Å². The summed E-state index contributed by atoms with van der Waals surface area (Å²) in [5.41, 5.74) is 2.66. The minimum absolute atomic E-state index is 0.265. The molecule has 0 aliphatic heterocycles. The van der Waals surface area contributed by atoms with Crippen LogP contribution in [0.1, 0.15) is 16.3 Å². The number of aryl methyl sites for hydroxylation is 1. The van der Waals surface area contributed by atoms with Crippen LogP contribution in [0.15, 0.2) is 33.1 Å². The average Bonchev–Trinajstić information content (AvgIpc) is 3.04. The number of hydrogen-bond donors (Lipinski definition) is 0. The van der Waals surface area contributed by atoms with Crippen LogP contribution in [0, 0.1) is 19.7 Å². The molecule has 0 N–H and O–H groups in total. The lowest BCUT2D eigenvalue weighted by Crippen LogP contribution is -1.85. The van der Waals surface area contributed by atoms with Gasteiger partial charge in [-0.05, 0) is 38.1 Å². The molecule has 0 spiro atoms. The summed E-state index contributed by atoms with van der Waals surface area (Å²) in [5.74, 6) is 1.09. The predicted molar refractivity (Wildman–Crippen MR) is 80.8 cm³/mol. The highest BCUT2D eigenvalue weighted by molar-refractivity contribution is 8.00. The fourth-order valence-electron chi connectivity index (χ4n) is 1.84. The van der Waals surface area contributed by atoms with E-state index in [0.29, 0.717) is 11.5 Å². The van der Waals surface area contributed by atoms with E-state index in [1.54, 1.807) is 35.2 Å². The molecule has 0 unspecified atom stereocenters.